The van der Waals surface area contributed by atoms with Gasteiger partial charge in [-0.3, -0.25) is 0 Å². The van der Waals surface area contributed by atoms with Crippen LogP contribution in [0.2, 0.25) is 0 Å². The van der Waals surface area contributed by atoms with Gasteiger partial charge in [0.25, 0.3) is 0 Å². The largest absolute Gasteiger partial charge is 0.484 e. The first-order valence-electron chi connectivity index (χ1n) is 9.40. The summed E-state index contributed by atoms with van der Waals surface area (Å²) < 4.78 is 6.31. The SMILES string of the molecule is CCCC[C@@H](Oc1cccc(C)c1)c1cccc(-c2ccc(C#N)cc2)n1. The second kappa shape index (κ2) is 9.00. The molecule has 0 aliphatic rings. The van der Waals surface area contributed by atoms with Crippen LogP contribution < -0.4 is 4.74 Å². The van der Waals surface area contributed by atoms with Crippen molar-refractivity contribution >= 4 is 0 Å². The van der Waals surface area contributed by atoms with Gasteiger partial charge in [0.2, 0.25) is 0 Å². The van der Waals surface area contributed by atoms with E-state index in [9.17, 15) is 0 Å². The second-order valence-corrected chi connectivity index (χ2v) is 6.70. The number of hydrogen-bond acceptors (Lipinski definition) is 3. The number of aryl methyl sites for hydroxylation is 1. The van der Waals surface area contributed by atoms with Gasteiger partial charge >= 0.3 is 0 Å². The van der Waals surface area contributed by atoms with E-state index < -0.39 is 0 Å². The molecule has 1 heterocycles. The number of benzene rings is 2. The maximum atomic E-state index is 8.98. The Morgan fingerprint density at radius 3 is 2.52 bits per heavy atom. The molecule has 0 radical (unpaired) electrons. The Hall–Kier alpha value is -3.12. The highest BCUT2D eigenvalue weighted by Crippen LogP contribution is 2.28. The minimum Gasteiger partial charge on any atom is -0.484 e. The maximum absolute atomic E-state index is 8.98. The van der Waals surface area contributed by atoms with Gasteiger partial charge in [-0.2, -0.15) is 5.26 Å². The molecule has 0 amide bonds. The minimum atomic E-state index is -0.0786. The van der Waals surface area contributed by atoms with Crippen molar-refractivity contribution in [2.45, 2.75) is 39.2 Å². The summed E-state index contributed by atoms with van der Waals surface area (Å²) in [7, 11) is 0. The van der Waals surface area contributed by atoms with Crippen LogP contribution >= 0.6 is 0 Å². The van der Waals surface area contributed by atoms with Crippen LogP contribution in [0.15, 0.2) is 66.7 Å². The molecule has 0 unspecified atom stereocenters. The molecule has 0 fully saturated rings. The summed E-state index contributed by atoms with van der Waals surface area (Å²) in [4.78, 5) is 4.86. The van der Waals surface area contributed by atoms with E-state index in [4.69, 9.17) is 15.0 Å². The van der Waals surface area contributed by atoms with Crippen molar-refractivity contribution in [2.24, 2.45) is 0 Å². The average Bonchev–Trinajstić information content (AvgIpc) is 2.71. The molecule has 3 aromatic rings. The number of nitriles is 1. The van der Waals surface area contributed by atoms with E-state index in [0.717, 1.165) is 42.0 Å². The minimum absolute atomic E-state index is 0.0786. The Bertz CT molecular complexity index is 926. The highest BCUT2D eigenvalue weighted by Gasteiger charge is 2.16. The summed E-state index contributed by atoms with van der Waals surface area (Å²) >= 11 is 0. The summed E-state index contributed by atoms with van der Waals surface area (Å²) in [6.07, 6.45) is 3.04. The quantitative estimate of drug-likeness (QED) is 0.503. The highest BCUT2D eigenvalue weighted by molar-refractivity contribution is 5.60. The summed E-state index contributed by atoms with van der Waals surface area (Å²) in [5.41, 5.74) is 4.67. The first-order chi connectivity index (χ1) is 13.2. The monoisotopic (exact) mass is 356 g/mol. The second-order valence-electron chi connectivity index (χ2n) is 6.70. The van der Waals surface area contributed by atoms with Crippen LogP contribution in [-0.4, -0.2) is 4.98 Å². The van der Waals surface area contributed by atoms with E-state index in [-0.39, 0.29) is 6.10 Å². The third-order valence-corrected chi connectivity index (χ3v) is 4.50. The summed E-state index contributed by atoms with van der Waals surface area (Å²) in [5.74, 6) is 0.877. The molecule has 2 aromatic carbocycles. The average molecular weight is 356 g/mol. The fourth-order valence-electron chi connectivity index (χ4n) is 3.02. The van der Waals surface area contributed by atoms with Crippen molar-refractivity contribution in [1.29, 1.82) is 5.26 Å². The number of unbranched alkanes of at least 4 members (excludes halogenated alkanes) is 1. The number of ether oxygens (including phenoxy) is 1. The van der Waals surface area contributed by atoms with Gasteiger partial charge in [0.1, 0.15) is 11.9 Å². The predicted molar refractivity (Wildman–Crippen MR) is 108 cm³/mol. The molecule has 0 aliphatic carbocycles. The van der Waals surface area contributed by atoms with Crippen molar-refractivity contribution < 1.29 is 4.74 Å². The first-order valence-corrected chi connectivity index (χ1v) is 9.40. The number of nitrogens with zero attached hydrogens (tertiary/aromatic N) is 2. The van der Waals surface area contributed by atoms with Gasteiger partial charge in [-0.05, 0) is 61.7 Å². The Balaban J connectivity index is 1.88. The molecule has 0 aliphatic heterocycles. The Labute approximate surface area is 161 Å². The highest BCUT2D eigenvalue weighted by atomic mass is 16.5. The molecule has 3 heteroatoms. The number of rotatable bonds is 7. The van der Waals surface area contributed by atoms with Crippen LogP contribution in [0.3, 0.4) is 0 Å². The summed E-state index contributed by atoms with van der Waals surface area (Å²) in [6.45, 7) is 4.25. The van der Waals surface area contributed by atoms with Gasteiger partial charge in [0, 0.05) is 5.56 Å². The summed E-state index contributed by atoms with van der Waals surface area (Å²) in [5, 5.41) is 8.98. The van der Waals surface area contributed by atoms with Gasteiger partial charge in [0.05, 0.1) is 23.0 Å². The first kappa shape index (κ1) is 18.7. The topological polar surface area (TPSA) is 45.9 Å². The van der Waals surface area contributed by atoms with E-state index in [0.29, 0.717) is 5.56 Å². The van der Waals surface area contributed by atoms with Crippen LogP contribution in [-0.2, 0) is 0 Å². The molecule has 0 N–H and O–H groups in total. The van der Waals surface area contributed by atoms with E-state index in [1.165, 1.54) is 5.56 Å². The van der Waals surface area contributed by atoms with E-state index >= 15 is 0 Å². The van der Waals surface area contributed by atoms with Crippen LogP contribution in [0.4, 0.5) is 0 Å². The third kappa shape index (κ3) is 4.95. The Kier molecular flexibility index (Phi) is 6.22. The zero-order valence-electron chi connectivity index (χ0n) is 15.9. The Morgan fingerprint density at radius 1 is 1.04 bits per heavy atom. The van der Waals surface area contributed by atoms with Gasteiger partial charge in [0.15, 0.2) is 0 Å². The molecule has 3 nitrogen and oxygen atoms in total. The molecule has 3 rings (SSSR count). The van der Waals surface area contributed by atoms with Gasteiger partial charge in [-0.1, -0.05) is 43.7 Å². The van der Waals surface area contributed by atoms with E-state index in [1.807, 2.05) is 54.6 Å². The molecular weight excluding hydrogens is 332 g/mol. The molecule has 27 heavy (non-hydrogen) atoms. The molecular formula is C24H24N2O. The molecule has 1 aromatic heterocycles. The summed E-state index contributed by atoms with van der Waals surface area (Å²) in [6, 6.07) is 23.9. The van der Waals surface area contributed by atoms with Crippen LogP contribution in [0.1, 0.15) is 49.1 Å². The molecule has 0 saturated heterocycles. The van der Waals surface area contributed by atoms with Crippen LogP contribution in [0.25, 0.3) is 11.3 Å². The zero-order chi connectivity index (χ0) is 19.1. The number of pyridine rings is 1. The van der Waals surface area contributed by atoms with Crippen LogP contribution in [0, 0.1) is 18.3 Å². The van der Waals surface area contributed by atoms with Gasteiger partial charge in [-0.15, -0.1) is 0 Å². The lowest BCUT2D eigenvalue weighted by Gasteiger charge is -2.19. The van der Waals surface area contributed by atoms with Crippen molar-refractivity contribution in [3.8, 4) is 23.1 Å². The number of hydrogen-bond donors (Lipinski definition) is 0. The third-order valence-electron chi connectivity index (χ3n) is 4.50. The van der Waals surface area contributed by atoms with Crippen molar-refractivity contribution in [1.82, 2.24) is 4.98 Å². The van der Waals surface area contributed by atoms with Crippen molar-refractivity contribution in [3.63, 3.8) is 0 Å². The van der Waals surface area contributed by atoms with E-state index in [1.54, 1.807) is 0 Å². The zero-order valence-corrected chi connectivity index (χ0v) is 15.9. The smallest absolute Gasteiger partial charge is 0.141 e. The maximum Gasteiger partial charge on any atom is 0.141 e. The fourth-order valence-corrected chi connectivity index (χ4v) is 3.02. The number of aromatic nitrogens is 1. The predicted octanol–water partition coefficient (Wildman–Crippen LogP) is 6.24. The molecule has 0 bridgehead atoms. The van der Waals surface area contributed by atoms with Crippen molar-refractivity contribution in [3.05, 3.63) is 83.6 Å². The normalized spacial score (nSPS) is 11.6. The van der Waals surface area contributed by atoms with Crippen molar-refractivity contribution in [2.75, 3.05) is 0 Å². The van der Waals surface area contributed by atoms with Gasteiger partial charge in [-0.25, -0.2) is 4.98 Å². The Morgan fingerprint density at radius 2 is 1.81 bits per heavy atom. The molecule has 0 saturated carbocycles. The molecule has 136 valence electrons. The van der Waals surface area contributed by atoms with Gasteiger partial charge < -0.3 is 4.74 Å². The van der Waals surface area contributed by atoms with Crippen LogP contribution in [0.5, 0.6) is 5.75 Å². The molecule has 0 spiro atoms. The fraction of sp³-hybridized carbons (Fsp3) is 0.250. The lowest BCUT2D eigenvalue weighted by Crippen LogP contribution is -2.10. The molecule has 1 atom stereocenters. The van der Waals surface area contributed by atoms with E-state index in [2.05, 4.69) is 32.0 Å². The lowest BCUT2D eigenvalue weighted by atomic mass is 10.1. The standard InChI is InChI=1S/C24H24N2O/c1-3-4-11-24(27-21-8-5-7-18(2)16-21)23-10-6-9-22(26-23)20-14-12-19(17-25)13-15-20/h5-10,12-16,24H,3-4,11H2,1-2H3/t24-/m1/s1. The lowest BCUT2D eigenvalue weighted by molar-refractivity contribution is 0.187.